The Hall–Kier alpha value is -4.02. The number of ether oxygens (including phenoxy) is 1. The molecule has 0 fully saturated rings. The highest BCUT2D eigenvalue weighted by Gasteiger charge is 2.31. The molecule has 0 radical (unpaired) electrons. The van der Waals surface area contributed by atoms with Gasteiger partial charge in [-0.1, -0.05) is 12.6 Å². The molecule has 7 nitrogen and oxygen atoms in total. The highest BCUT2D eigenvalue weighted by atomic mass is 19.1. The Balaban J connectivity index is 1.67. The summed E-state index contributed by atoms with van der Waals surface area (Å²) >= 11 is 0. The predicted molar refractivity (Wildman–Crippen MR) is 117 cm³/mol. The summed E-state index contributed by atoms with van der Waals surface area (Å²) in [6, 6.07) is 6.48. The monoisotopic (exact) mass is 469 g/mol. The van der Waals surface area contributed by atoms with Crippen molar-refractivity contribution in [3.63, 3.8) is 0 Å². The second kappa shape index (κ2) is 9.46. The van der Waals surface area contributed by atoms with Crippen LogP contribution in [0.4, 0.5) is 18.9 Å². The molecule has 1 aromatic carbocycles. The van der Waals surface area contributed by atoms with Crippen LogP contribution in [0.2, 0.25) is 0 Å². The predicted octanol–water partition coefficient (Wildman–Crippen LogP) is 3.46. The molecule has 4 rings (SSSR count). The van der Waals surface area contributed by atoms with Crippen molar-refractivity contribution in [2.75, 3.05) is 5.32 Å². The van der Waals surface area contributed by atoms with Crippen LogP contribution in [0.25, 0.3) is 17.0 Å². The maximum atomic E-state index is 14.3. The van der Waals surface area contributed by atoms with Gasteiger partial charge in [0.1, 0.15) is 52.9 Å². The van der Waals surface area contributed by atoms with Crippen molar-refractivity contribution in [1.82, 2.24) is 9.97 Å². The maximum Gasteiger partial charge on any atom is 0.274 e. The number of halogens is 3. The number of benzene rings is 1. The van der Waals surface area contributed by atoms with E-state index in [2.05, 4.69) is 21.9 Å². The normalized spacial score (nSPS) is 19.7. The number of rotatable bonds is 5. The van der Waals surface area contributed by atoms with Gasteiger partial charge in [0.25, 0.3) is 5.91 Å². The van der Waals surface area contributed by atoms with Gasteiger partial charge in [0.15, 0.2) is 0 Å². The van der Waals surface area contributed by atoms with Gasteiger partial charge in [-0.2, -0.15) is 0 Å². The van der Waals surface area contributed by atoms with Gasteiger partial charge in [-0.15, -0.1) is 0 Å². The van der Waals surface area contributed by atoms with E-state index in [0.717, 1.165) is 30.3 Å². The molecule has 3 atom stereocenters. The number of aliphatic hydroxyl groups is 2. The third-order valence-corrected chi connectivity index (χ3v) is 5.12. The lowest BCUT2D eigenvalue weighted by molar-refractivity contribution is -0.0339. The lowest BCUT2D eigenvalue weighted by atomic mass is 10.0. The van der Waals surface area contributed by atoms with Gasteiger partial charge >= 0.3 is 0 Å². The Labute approximate surface area is 191 Å². The van der Waals surface area contributed by atoms with Crippen LogP contribution in [0.1, 0.15) is 16.1 Å². The largest absolute Gasteiger partial charge is 0.483 e. The fourth-order valence-corrected chi connectivity index (χ4v) is 3.41. The summed E-state index contributed by atoms with van der Waals surface area (Å²) in [6.45, 7) is 3.56. The first-order valence-corrected chi connectivity index (χ1v) is 10.0. The number of carbonyl (C=O) groups is 1. The second-order valence-electron chi connectivity index (χ2n) is 7.33. The van der Waals surface area contributed by atoms with Crippen LogP contribution in [-0.2, 0) is 4.74 Å². The Kier molecular flexibility index (Phi) is 6.44. The summed E-state index contributed by atoms with van der Waals surface area (Å²) in [7, 11) is 0. The molecule has 0 saturated carbocycles. The fraction of sp³-hybridized carbons (Fsp3) is 0.125. The van der Waals surface area contributed by atoms with Crippen molar-refractivity contribution in [3.8, 4) is 11.3 Å². The summed E-state index contributed by atoms with van der Waals surface area (Å²) in [6.07, 6.45) is 1.95. The summed E-state index contributed by atoms with van der Waals surface area (Å²) in [5, 5.41) is 22.6. The topological polar surface area (TPSA) is 105 Å². The Morgan fingerprint density at radius 2 is 1.82 bits per heavy atom. The average Bonchev–Trinajstić information content (AvgIpc) is 2.82. The molecule has 3 N–H and O–H groups in total. The summed E-state index contributed by atoms with van der Waals surface area (Å²) in [4.78, 5) is 20.7. The Morgan fingerprint density at radius 1 is 1.09 bits per heavy atom. The quantitative estimate of drug-likeness (QED) is 0.495. The standard InChI is InChI=1S/C24H18F3N3O4/c1-2-19-23(32)18(31)10-20(34-19)12-8-9-28-11-17(12)30-24(33)16-7-6-15(27)22(29-16)21-13(25)4-3-5-14(21)26/h2-11,18-19,23,31-32H,1H2,(H,30,33)/t18-,19-,23+/m1/s1. The lowest BCUT2D eigenvalue weighted by Gasteiger charge is -2.30. The second-order valence-corrected chi connectivity index (χ2v) is 7.33. The van der Waals surface area contributed by atoms with E-state index < -0.39 is 52.9 Å². The minimum absolute atomic E-state index is 0.148. The van der Waals surface area contributed by atoms with Crippen LogP contribution >= 0.6 is 0 Å². The van der Waals surface area contributed by atoms with Gasteiger partial charge in [0.2, 0.25) is 0 Å². The van der Waals surface area contributed by atoms with Gasteiger partial charge in [0.05, 0.1) is 17.4 Å². The number of hydrogen-bond donors (Lipinski definition) is 3. The smallest absolute Gasteiger partial charge is 0.274 e. The molecule has 0 saturated heterocycles. The molecular weight excluding hydrogens is 451 g/mol. The number of aliphatic hydroxyl groups excluding tert-OH is 2. The van der Waals surface area contributed by atoms with Crippen molar-refractivity contribution in [2.45, 2.75) is 18.3 Å². The van der Waals surface area contributed by atoms with E-state index in [1.165, 1.54) is 30.6 Å². The van der Waals surface area contributed by atoms with Crippen molar-refractivity contribution in [2.24, 2.45) is 0 Å². The van der Waals surface area contributed by atoms with Crippen LogP contribution in [0.3, 0.4) is 0 Å². The van der Waals surface area contributed by atoms with Gasteiger partial charge < -0.3 is 20.3 Å². The van der Waals surface area contributed by atoms with Crippen molar-refractivity contribution < 1.29 is 32.9 Å². The Morgan fingerprint density at radius 3 is 2.53 bits per heavy atom. The molecule has 34 heavy (non-hydrogen) atoms. The minimum Gasteiger partial charge on any atom is -0.483 e. The molecule has 3 aromatic rings. The van der Waals surface area contributed by atoms with Gasteiger partial charge in [-0.05, 0) is 42.5 Å². The molecule has 1 amide bonds. The van der Waals surface area contributed by atoms with Crippen molar-refractivity contribution in [3.05, 3.63) is 96.2 Å². The molecule has 10 heteroatoms. The average molecular weight is 469 g/mol. The molecule has 1 aliphatic heterocycles. The van der Waals surface area contributed by atoms with E-state index >= 15 is 0 Å². The number of nitrogens with zero attached hydrogens (tertiary/aromatic N) is 2. The van der Waals surface area contributed by atoms with Crippen LogP contribution in [0.5, 0.6) is 0 Å². The molecule has 2 aromatic heterocycles. The Bertz CT molecular complexity index is 1280. The zero-order valence-corrected chi connectivity index (χ0v) is 17.5. The number of nitrogens with one attached hydrogen (secondary N) is 1. The highest BCUT2D eigenvalue weighted by molar-refractivity contribution is 6.04. The maximum absolute atomic E-state index is 14.3. The van der Waals surface area contributed by atoms with Crippen LogP contribution in [0.15, 0.2) is 67.5 Å². The first-order valence-electron chi connectivity index (χ1n) is 10.0. The zero-order valence-electron chi connectivity index (χ0n) is 17.5. The van der Waals surface area contributed by atoms with E-state index in [1.54, 1.807) is 0 Å². The molecule has 3 heterocycles. The summed E-state index contributed by atoms with van der Waals surface area (Å²) in [5.41, 5.74) is -1.19. The molecular formula is C24H18F3N3O4. The highest BCUT2D eigenvalue weighted by Crippen LogP contribution is 2.31. The molecule has 0 unspecified atom stereocenters. The minimum atomic E-state index is -1.25. The lowest BCUT2D eigenvalue weighted by Crippen LogP contribution is -2.40. The summed E-state index contributed by atoms with van der Waals surface area (Å²) < 4.78 is 48.3. The molecule has 0 spiro atoms. The van der Waals surface area contributed by atoms with E-state index in [0.29, 0.717) is 5.56 Å². The van der Waals surface area contributed by atoms with E-state index in [-0.39, 0.29) is 17.1 Å². The van der Waals surface area contributed by atoms with E-state index in [4.69, 9.17) is 4.74 Å². The van der Waals surface area contributed by atoms with Crippen molar-refractivity contribution in [1.29, 1.82) is 0 Å². The zero-order chi connectivity index (χ0) is 24.4. The van der Waals surface area contributed by atoms with Gasteiger partial charge in [0, 0.05) is 11.8 Å². The van der Waals surface area contributed by atoms with Crippen LogP contribution in [-0.4, -0.2) is 44.4 Å². The number of amides is 1. The van der Waals surface area contributed by atoms with E-state index in [1.807, 2.05) is 0 Å². The van der Waals surface area contributed by atoms with Crippen molar-refractivity contribution >= 4 is 17.4 Å². The number of pyridine rings is 2. The first-order chi connectivity index (χ1) is 16.3. The third-order valence-electron chi connectivity index (χ3n) is 5.12. The third kappa shape index (κ3) is 4.41. The van der Waals surface area contributed by atoms with Crippen LogP contribution in [0, 0.1) is 17.5 Å². The fourth-order valence-electron chi connectivity index (χ4n) is 3.41. The molecule has 174 valence electrons. The van der Waals surface area contributed by atoms with Gasteiger partial charge in [-0.25, -0.2) is 18.2 Å². The molecule has 0 bridgehead atoms. The molecule has 0 aliphatic carbocycles. The van der Waals surface area contributed by atoms with E-state index in [9.17, 15) is 28.2 Å². The summed E-state index contributed by atoms with van der Waals surface area (Å²) in [5.74, 6) is -3.73. The van der Waals surface area contributed by atoms with Gasteiger partial charge in [-0.3, -0.25) is 9.78 Å². The number of anilines is 1. The number of aromatic nitrogens is 2. The first kappa shape index (κ1) is 23.1. The number of hydrogen-bond acceptors (Lipinski definition) is 6. The van der Waals surface area contributed by atoms with Crippen LogP contribution < -0.4 is 5.32 Å². The number of carbonyl (C=O) groups excluding carboxylic acids is 1. The molecule has 1 aliphatic rings. The SMILES string of the molecule is C=C[C@H]1OC(c2ccncc2NC(=O)c2ccc(F)c(-c3c(F)cccc3F)n2)=C[C@@H](O)[C@@H]1O.